The molecule has 2 aliphatic rings. The number of piperazine rings is 1. The monoisotopic (exact) mass is 505 g/mol. The highest BCUT2D eigenvalue weighted by molar-refractivity contribution is 7.10. The number of fused-ring (bicyclic) bond motifs is 1. The number of aryl methyl sites for hydroxylation is 1. The van der Waals surface area contributed by atoms with Gasteiger partial charge < -0.3 is 9.80 Å². The average molecular weight is 506 g/mol. The molecule has 3 aromatic rings. The minimum Gasteiger partial charge on any atom is -0.339 e. The van der Waals surface area contributed by atoms with Crippen LogP contribution in [0, 0.1) is 5.82 Å². The van der Waals surface area contributed by atoms with Crippen LogP contribution in [0.3, 0.4) is 0 Å². The number of thiophene rings is 1. The Balaban J connectivity index is 1.18. The van der Waals surface area contributed by atoms with E-state index in [4.69, 9.17) is 0 Å². The van der Waals surface area contributed by atoms with Crippen LogP contribution in [0.25, 0.3) is 0 Å². The summed E-state index contributed by atoms with van der Waals surface area (Å²) in [6.07, 6.45) is 2.31. The van der Waals surface area contributed by atoms with Crippen molar-refractivity contribution < 1.29 is 14.0 Å². The third-order valence-corrected chi connectivity index (χ3v) is 8.37. The molecule has 0 radical (unpaired) electrons. The number of benzene rings is 2. The molecule has 1 fully saturated rings. The first-order valence-electron chi connectivity index (χ1n) is 12.7. The first kappa shape index (κ1) is 24.7. The lowest BCUT2D eigenvalue weighted by Crippen LogP contribution is -2.51. The zero-order valence-electron chi connectivity index (χ0n) is 20.7. The maximum absolute atomic E-state index is 14.0. The average Bonchev–Trinajstić information content (AvgIpc) is 3.40. The molecule has 1 saturated heterocycles. The Morgan fingerprint density at radius 2 is 1.72 bits per heavy atom. The van der Waals surface area contributed by atoms with E-state index in [0.717, 1.165) is 24.9 Å². The molecule has 0 spiro atoms. The van der Waals surface area contributed by atoms with Crippen molar-refractivity contribution in [3.8, 4) is 0 Å². The molecule has 1 unspecified atom stereocenters. The molecule has 0 N–H and O–H groups in total. The van der Waals surface area contributed by atoms with Crippen LogP contribution in [-0.4, -0.2) is 65.8 Å². The maximum Gasteiger partial charge on any atom is 0.253 e. The van der Waals surface area contributed by atoms with E-state index >= 15 is 0 Å². The highest BCUT2D eigenvalue weighted by Gasteiger charge is 2.31. The molecule has 36 heavy (non-hydrogen) atoms. The fraction of sp³-hybridized carbons (Fsp3) is 0.379. The van der Waals surface area contributed by atoms with Gasteiger partial charge in [-0.1, -0.05) is 31.2 Å². The second-order valence-corrected chi connectivity index (χ2v) is 10.5. The van der Waals surface area contributed by atoms with Gasteiger partial charge in [-0.05, 0) is 65.2 Å². The highest BCUT2D eigenvalue weighted by atomic mass is 32.1. The van der Waals surface area contributed by atoms with Gasteiger partial charge >= 0.3 is 0 Å². The lowest BCUT2D eigenvalue weighted by atomic mass is 9.93. The van der Waals surface area contributed by atoms with Crippen molar-refractivity contribution >= 4 is 23.2 Å². The standard InChI is InChI=1S/C29H32FN3O2S/c1-2-21-6-8-22(9-7-21)29(35)33-17-15-31(16-18-33)27(34)11-14-32-13-10-26-25(12-19-36-26)28(32)23-4-3-5-24(30)20-23/h3-9,12,19-20,28H,2,10-11,13-18H2,1H3. The van der Waals surface area contributed by atoms with Gasteiger partial charge in [0.05, 0.1) is 6.04 Å². The predicted molar refractivity (Wildman–Crippen MR) is 141 cm³/mol. The molecular formula is C29H32FN3O2S. The summed E-state index contributed by atoms with van der Waals surface area (Å²) in [6, 6.07) is 16.7. The number of hydrogen-bond acceptors (Lipinski definition) is 4. The van der Waals surface area contributed by atoms with E-state index in [1.807, 2.05) is 40.1 Å². The fourth-order valence-corrected chi connectivity index (χ4v) is 6.20. The number of carbonyl (C=O) groups is 2. The summed E-state index contributed by atoms with van der Waals surface area (Å²) in [5.74, 6) is -0.0920. The first-order valence-corrected chi connectivity index (χ1v) is 13.6. The number of carbonyl (C=O) groups excluding carboxylic acids is 2. The van der Waals surface area contributed by atoms with Gasteiger partial charge in [0, 0.05) is 56.1 Å². The lowest BCUT2D eigenvalue weighted by Gasteiger charge is -2.38. The molecule has 7 heteroatoms. The quantitative estimate of drug-likeness (QED) is 0.485. The van der Waals surface area contributed by atoms with Gasteiger partial charge in [0.1, 0.15) is 5.82 Å². The molecule has 5 nitrogen and oxygen atoms in total. The van der Waals surface area contributed by atoms with Gasteiger partial charge in [0.2, 0.25) is 5.91 Å². The zero-order chi connectivity index (χ0) is 25.1. The molecule has 2 aromatic carbocycles. The number of nitrogens with zero attached hydrogens (tertiary/aromatic N) is 3. The number of rotatable bonds is 6. The molecule has 0 aliphatic carbocycles. The molecule has 188 valence electrons. The van der Waals surface area contributed by atoms with Crippen LogP contribution < -0.4 is 0 Å². The summed E-state index contributed by atoms with van der Waals surface area (Å²) < 4.78 is 14.0. The van der Waals surface area contributed by atoms with Crippen molar-refractivity contribution in [1.29, 1.82) is 0 Å². The summed E-state index contributed by atoms with van der Waals surface area (Å²) in [5.41, 5.74) is 4.07. The molecule has 0 bridgehead atoms. The zero-order valence-corrected chi connectivity index (χ0v) is 21.5. The Kier molecular flexibility index (Phi) is 7.48. The van der Waals surface area contributed by atoms with Gasteiger partial charge in [0.15, 0.2) is 0 Å². The topological polar surface area (TPSA) is 43.9 Å². The summed E-state index contributed by atoms with van der Waals surface area (Å²) in [4.78, 5) is 33.3. The summed E-state index contributed by atoms with van der Waals surface area (Å²) >= 11 is 1.75. The minimum absolute atomic E-state index is 0.0302. The summed E-state index contributed by atoms with van der Waals surface area (Å²) in [7, 11) is 0. The predicted octanol–water partition coefficient (Wildman–Crippen LogP) is 4.77. The molecular weight excluding hydrogens is 473 g/mol. The van der Waals surface area contributed by atoms with Crippen LogP contribution >= 0.6 is 11.3 Å². The smallest absolute Gasteiger partial charge is 0.253 e. The van der Waals surface area contributed by atoms with E-state index in [9.17, 15) is 14.0 Å². The first-order chi connectivity index (χ1) is 17.5. The van der Waals surface area contributed by atoms with Gasteiger partial charge in [-0.15, -0.1) is 11.3 Å². The van der Waals surface area contributed by atoms with Crippen LogP contribution in [0.5, 0.6) is 0 Å². The second kappa shape index (κ2) is 10.9. The maximum atomic E-state index is 14.0. The SMILES string of the molecule is CCc1ccc(C(=O)N2CCN(C(=O)CCN3CCc4sccc4C3c3cccc(F)c3)CC2)cc1. The van der Waals surface area contributed by atoms with Crippen LogP contribution in [0.2, 0.25) is 0 Å². The number of halogens is 1. The number of hydrogen-bond donors (Lipinski definition) is 0. The van der Waals surface area contributed by atoms with Gasteiger partial charge in [-0.25, -0.2) is 4.39 Å². The van der Waals surface area contributed by atoms with Gasteiger partial charge in [-0.3, -0.25) is 14.5 Å². The second-order valence-electron chi connectivity index (χ2n) is 9.52. The Morgan fingerprint density at radius 3 is 2.44 bits per heavy atom. The molecule has 2 amide bonds. The Morgan fingerprint density at radius 1 is 0.972 bits per heavy atom. The summed E-state index contributed by atoms with van der Waals surface area (Å²) in [5, 5.41) is 2.10. The third-order valence-electron chi connectivity index (χ3n) is 7.37. The van der Waals surface area contributed by atoms with Crippen LogP contribution in [0.1, 0.15) is 51.3 Å². The van der Waals surface area contributed by atoms with Crippen LogP contribution in [-0.2, 0) is 17.6 Å². The molecule has 5 rings (SSSR count). The molecule has 0 saturated carbocycles. The van der Waals surface area contributed by atoms with Crippen molar-refractivity contribution in [1.82, 2.24) is 14.7 Å². The molecule has 3 heterocycles. The third kappa shape index (κ3) is 5.22. The minimum atomic E-state index is -0.236. The Bertz CT molecular complexity index is 1220. The van der Waals surface area contributed by atoms with Crippen LogP contribution in [0.4, 0.5) is 4.39 Å². The van der Waals surface area contributed by atoms with Crippen LogP contribution in [0.15, 0.2) is 60.0 Å². The van der Waals surface area contributed by atoms with E-state index in [2.05, 4.69) is 23.3 Å². The van der Waals surface area contributed by atoms with E-state index in [1.165, 1.54) is 22.1 Å². The van der Waals surface area contributed by atoms with Gasteiger partial charge in [0.25, 0.3) is 5.91 Å². The number of amides is 2. The Labute approximate surface area is 216 Å². The summed E-state index contributed by atoms with van der Waals surface area (Å²) in [6.45, 7) is 5.78. The van der Waals surface area contributed by atoms with E-state index in [0.29, 0.717) is 44.7 Å². The van der Waals surface area contributed by atoms with E-state index < -0.39 is 0 Å². The van der Waals surface area contributed by atoms with Crippen molar-refractivity contribution in [3.63, 3.8) is 0 Å². The highest BCUT2D eigenvalue weighted by Crippen LogP contribution is 2.38. The van der Waals surface area contributed by atoms with E-state index in [1.54, 1.807) is 23.5 Å². The normalized spacial score (nSPS) is 18.2. The van der Waals surface area contributed by atoms with Gasteiger partial charge in [-0.2, -0.15) is 0 Å². The van der Waals surface area contributed by atoms with Crippen molar-refractivity contribution in [2.45, 2.75) is 32.2 Å². The molecule has 1 aromatic heterocycles. The van der Waals surface area contributed by atoms with E-state index in [-0.39, 0.29) is 23.7 Å². The van der Waals surface area contributed by atoms with Crippen molar-refractivity contribution in [2.24, 2.45) is 0 Å². The van der Waals surface area contributed by atoms with Crippen molar-refractivity contribution in [3.05, 3.63) is 92.9 Å². The van der Waals surface area contributed by atoms with Crippen molar-refractivity contribution in [2.75, 3.05) is 39.3 Å². The molecule has 1 atom stereocenters. The lowest BCUT2D eigenvalue weighted by molar-refractivity contribution is -0.133. The molecule has 2 aliphatic heterocycles. The largest absolute Gasteiger partial charge is 0.339 e. The fourth-order valence-electron chi connectivity index (χ4n) is 5.30. The Hall–Kier alpha value is -3.03.